The van der Waals surface area contributed by atoms with Gasteiger partial charge in [0.2, 0.25) is 0 Å². The van der Waals surface area contributed by atoms with E-state index in [0.717, 1.165) is 5.75 Å². The van der Waals surface area contributed by atoms with Crippen LogP contribution in [-0.4, -0.2) is 14.1 Å². The third-order valence-electron chi connectivity index (χ3n) is 3.78. The first-order valence-electron chi connectivity index (χ1n) is 8.03. The molecule has 0 fully saturated rings. The van der Waals surface area contributed by atoms with Crippen LogP contribution in [0.15, 0.2) is 78.9 Å². The second kappa shape index (κ2) is 7.99. The fourth-order valence-electron chi connectivity index (χ4n) is 2.55. The molecule has 0 saturated carbocycles. The van der Waals surface area contributed by atoms with Crippen molar-refractivity contribution in [1.82, 2.24) is 0 Å². The van der Waals surface area contributed by atoms with Gasteiger partial charge in [-0.1, -0.05) is 75.3 Å². The van der Waals surface area contributed by atoms with Crippen molar-refractivity contribution in [3.63, 3.8) is 0 Å². The Balaban J connectivity index is 1.80. The third kappa shape index (κ3) is 4.15. The molecule has 122 valence electrons. The second-order valence-electron chi connectivity index (χ2n) is 5.81. The summed E-state index contributed by atoms with van der Waals surface area (Å²) in [5.74, 6) is 0.966. The second-order valence-corrected chi connectivity index (χ2v) is 7.13. The number of benzene rings is 3. The molecule has 3 rings (SSSR count). The summed E-state index contributed by atoms with van der Waals surface area (Å²) < 4.78 is 6.09. The fourth-order valence-corrected chi connectivity index (χ4v) is 3.91. The maximum absolute atomic E-state index is 6.09. The van der Waals surface area contributed by atoms with E-state index >= 15 is 0 Å². The zero-order valence-corrected chi connectivity index (χ0v) is 15.1. The van der Waals surface area contributed by atoms with Gasteiger partial charge in [-0.05, 0) is 17.7 Å². The van der Waals surface area contributed by atoms with E-state index in [2.05, 4.69) is 73.6 Å². The first-order valence-corrected chi connectivity index (χ1v) is 9.03. The molecule has 0 spiro atoms. The molecule has 0 aliphatic heterocycles. The van der Waals surface area contributed by atoms with Crippen LogP contribution >= 0.6 is 8.58 Å². The first-order chi connectivity index (χ1) is 11.7. The quantitative estimate of drug-likeness (QED) is 0.632. The number of nitrogens with zero attached hydrogens (tertiary/aromatic N) is 1. The number of para-hydroxylation sites is 2. The van der Waals surface area contributed by atoms with Gasteiger partial charge in [0.15, 0.2) is 0 Å². The van der Waals surface area contributed by atoms with Gasteiger partial charge in [-0.3, -0.25) is 0 Å². The van der Waals surface area contributed by atoms with Crippen LogP contribution in [0.25, 0.3) is 0 Å². The van der Waals surface area contributed by atoms with Crippen molar-refractivity contribution in [3.05, 3.63) is 84.4 Å². The molecule has 0 amide bonds. The molecule has 2 nitrogen and oxygen atoms in total. The minimum Gasteiger partial charge on any atom is -0.488 e. The topological polar surface area (TPSA) is 12.5 Å². The van der Waals surface area contributed by atoms with Gasteiger partial charge in [0.25, 0.3) is 0 Å². The van der Waals surface area contributed by atoms with Gasteiger partial charge in [-0.15, -0.1) is 0 Å². The average Bonchev–Trinajstić information content (AvgIpc) is 2.62. The Kier molecular flexibility index (Phi) is 5.51. The summed E-state index contributed by atoms with van der Waals surface area (Å²) in [6.07, 6.45) is 0. The van der Waals surface area contributed by atoms with Crippen molar-refractivity contribution in [2.75, 3.05) is 19.0 Å². The summed E-state index contributed by atoms with van der Waals surface area (Å²) in [4.78, 5) is 2.16. The summed E-state index contributed by atoms with van der Waals surface area (Å²) in [5, 5.41) is 2.57. The monoisotopic (exact) mass is 335 g/mol. The number of ether oxygens (including phenoxy) is 1. The van der Waals surface area contributed by atoms with E-state index in [1.54, 1.807) is 0 Å². The van der Waals surface area contributed by atoms with Crippen molar-refractivity contribution < 1.29 is 4.74 Å². The maximum Gasteiger partial charge on any atom is 0.127 e. The molecule has 0 bridgehead atoms. The molecule has 0 aliphatic rings. The van der Waals surface area contributed by atoms with E-state index < -0.39 is 0 Å². The third-order valence-corrected chi connectivity index (χ3v) is 5.15. The Bertz CT molecular complexity index is 787. The molecule has 0 aromatic heterocycles. The Labute approximate surface area is 145 Å². The Morgan fingerprint density at radius 1 is 0.750 bits per heavy atom. The van der Waals surface area contributed by atoms with Crippen LogP contribution in [0, 0.1) is 0 Å². The standard InChI is InChI=1S/C21H22NOP/c1-22(2)18-12-6-8-14-20(18)24-21-15-9-7-13-19(21)23-16-17-10-4-3-5-11-17/h3-15,24H,16H2,1-2H3. The zero-order chi connectivity index (χ0) is 16.8. The van der Waals surface area contributed by atoms with E-state index in [4.69, 9.17) is 4.74 Å². The minimum atomic E-state index is 0.568. The largest absolute Gasteiger partial charge is 0.488 e. The van der Waals surface area contributed by atoms with Gasteiger partial charge < -0.3 is 9.64 Å². The lowest BCUT2D eigenvalue weighted by Crippen LogP contribution is -2.18. The van der Waals surface area contributed by atoms with Crippen molar-refractivity contribution >= 4 is 24.9 Å². The Morgan fingerprint density at radius 3 is 2.12 bits per heavy atom. The van der Waals surface area contributed by atoms with Crippen LogP contribution in [-0.2, 0) is 6.61 Å². The number of hydrogen-bond donors (Lipinski definition) is 0. The summed E-state index contributed by atoms with van der Waals surface area (Å²) >= 11 is 0. The highest BCUT2D eigenvalue weighted by molar-refractivity contribution is 7.56. The molecular weight excluding hydrogens is 313 g/mol. The van der Waals surface area contributed by atoms with Gasteiger partial charge in [0, 0.05) is 30.4 Å². The van der Waals surface area contributed by atoms with Crippen LogP contribution in [0.4, 0.5) is 5.69 Å². The predicted molar refractivity (Wildman–Crippen MR) is 106 cm³/mol. The molecule has 0 aliphatic carbocycles. The van der Waals surface area contributed by atoms with Gasteiger partial charge >= 0.3 is 0 Å². The SMILES string of the molecule is CN(C)c1ccccc1Pc1ccccc1OCc1ccccc1. The molecule has 0 heterocycles. The molecule has 0 saturated heterocycles. The highest BCUT2D eigenvalue weighted by atomic mass is 31.1. The Morgan fingerprint density at radius 2 is 1.38 bits per heavy atom. The van der Waals surface area contributed by atoms with Crippen molar-refractivity contribution in [2.24, 2.45) is 0 Å². The fraction of sp³-hybridized carbons (Fsp3) is 0.143. The van der Waals surface area contributed by atoms with E-state index in [1.165, 1.54) is 21.9 Å². The lowest BCUT2D eigenvalue weighted by molar-refractivity contribution is 0.309. The van der Waals surface area contributed by atoms with Crippen LogP contribution in [0.5, 0.6) is 5.75 Å². The Hall–Kier alpha value is -2.31. The normalized spacial score (nSPS) is 10.9. The van der Waals surface area contributed by atoms with E-state index in [-0.39, 0.29) is 0 Å². The smallest absolute Gasteiger partial charge is 0.127 e. The molecule has 24 heavy (non-hydrogen) atoms. The number of hydrogen-bond acceptors (Lipinski definition) is 2. The molecule has 3 aromatic rings. The molecule has 3 heteroatoms. The summed E-state index contributed by atoms with van der Waals surface area (Å²) in [6, 6.07) is 27.2. The van der Waals surface area contributed by atoms with Crippen molar-refractivity contribution in [1.29, 1.82) is 0 Å². The van der Waals surface area contributed by atoms with Gasteiger partial charge in [0.1, 0.15) is 12.4 Å². The number of anilines is 1. The zero-order valence-electron chi connectivity index (χ0n) is 14.1. The van der Waals surface area contributed by atoms with Gasteiger partial charge in [-0.2, -0.15) is 0 Å². The van der Waals surface area contributed by atoms with Crippen LogP contribution in [0.1, 0.15) is 5.56 Å². The number of rotatable bonds is 6. The minimum absolute atomic E-state index is 0.568. The molecule has 0 N–H and O–H groups in total. The summed E-state index contributed by atoms with van der Waals surface area (Å²) in [6.45, 7) is 0.595. The molecule has 3 aromatic carbocycles. The van der Waals surface area contributed by atoms with Gasteiger partial charge in [0.05, 0.1) is 0 Å². The van der Waals surface area contributed by atoms with Crippen LogP contribution in [0.2, 0.25) is 0 Å². The average molecular weight is 335 g/mol. The lowest BCUT2D eigenvalue weighted by Gasteiger charge is -2.18. The van der Waals surface area contributed by atoms with E-state index in [0.29, 0.717) is 15.2 Å². The van der Waals surface area contributed by atoms with Crippen molar-refractivity contribution in [3.8, 4) is 5.75 Å². The first kappa shape index (κ1) is 16.5. The highest BCUT2D eigenvalue weighted by Gasteiger charge is 2.09. The molecular formula is C21H22NOP. The van der Waals surface area contributed by atoms with Crippen LogP contribution in [0.3, 0.4) is 0 Å². The predicted octanol–water partition coefficient (Wildman–Crippen LogP) is 3.96. The van der Waals surface area contributed by atoms with E-state index in [9.17, 15) is 0 Å². The maximum atomic E-state index is 6.09. The van der Waals surface area contributed by atoms with Crippen molar-refractivity contribution in [2.45, 2.75) is 6.61 Å². The molecule has 0 radical (unpaired) electrons. The van der Waals surface area contributed by atoms with Gasteiger partial charge in [-0.25, -0.2) is 0 Å². The van der Waals surface area contributed by atoms with Crippen LogP contribution < -0.4 is 20.2 Å². The molecule has 1 atom stereocenters. The summed E-state index contributed by atoms with van der Waals surface area (Å²) in [7, 11) is 4.74. The highest BCUT2D eigenvalue weighted by Crippen LogP contribution is 2.24. The molecule has 1 unspecified atom stereocenters. The summed E-state index contributed by atoms with van der Waals surface area (Å²) in [5.41, 5.74) is 2.44. The lowest BCUT2D eigenvalue weighted by atomic mass is 10.2. The van der Waals surface area contributed by atoms with E-state index in [1.807, 2.05) is 24.3 Å².